The summed E-state index contributed by atoms with van der Waals surface area (Å²) < 4.78 is 36.5. The Morgan fingerprint density at radius 2 is 1.14 bits per heavy atom. The minimum absolute atomic E-state index is 0.00392. The van der Waals surface area contributed by atoms with Crippen LogP contribution in [0.4, 0.5) is 0 Å². The number of primary amides is 1. The summed E-state index contributed by atoms with van der Waals surface area (Å²) in [6.45, 7) is 10.5. The SMILES string of the molecule is CCCCCCCCCCCCCCCC(=O)OC([C@H](CO)OC(=O)CCCCCCCCCCCCCCC)[C@@](C)(N)C(=O)N[C@H](CCC(=O)N(CC(C)O[C@H]1[C@H](O)[C@@H](CO)O[C@H](O)[C@@H]1NC(C)=O)[C@@H](C)C(=O)O)C(N)=O.CCN.NCCO[PH](=O)O. The Kier molecular flexibility index (Phi) is 52.6. The minimum Gasteiger partial charge on any atom is -0.480 e. The van der Waals surface area contributed by atoms with Gasteiger partial charge >= 0.3 is 26.2 Å². The zero-order valence-electron chi connectivity index (χ0n) is 54.5. The van der Waals surface area contributed by atoms with Crippen molar-refractivity contribution in [2.75, 3.05) is 39.5 Å². The van der Waals surface area contributed by atoms with E-state index in [1.807, 2.05) is 6.92 Å². The fourth-order valence-corrected chi connectivity index (χ4v) is 10.2. The molecule has 0 aliphatic carbocycles. The molecule has 0 radical (unpaired) electrons. The summed E-state index contributed by atoms with van der Waals surface area (Å²) >= 11 is 0. The minimum atomic E-state index is -2.73. The van der Waals surface area contributed by atoms with Crippen molar-refractivity contribution in [3.63, 3.8) is 0 Å². The van der Waals surface area contributed by atoms with E-state index < -0.39 is 149 Å². The van der Waals surface area contributed by atoms with Crippen LogP contribution in [0.3, 0.4) is 0 Å². The van der Waals surface area contributed by atoms with Gasteiger partial charge < -0.3 is 92.4 Å². The summed E-state index contributed by atoms with van der Waals surface area (Å²) in [5, 5.41) is 56.6. The molecule has 3 unspecified atom stereocenters. The Morgan fingerprint density at radius 3 is 1.50 bits per heavy atom. The number of carboxylic acids is 1. The van der Waals surface area contributed by atoms with Crippen LogP contribution in [0.2, 0.25) is 0 Å². The van der Waals surface area contributed by atoms with Gasteiger partial charge in [0, 0.05) is 39.3 Å². The number of rotatable bonds is 50. The summed E-state index contributed by atoms with van der Waals surface area (Å²) in [4.78, 5) is 101. The van der Waals surface area contributed by atoms with E-state index >= 15 is 0 Å². The first kappa shape index (κ1) is 86.1. The molecule has 1 rings (SSSR count). The lowest BCUT2D eigenvalue weighted by Crippen LogP contribution is -2.66. The molecule has 0 aromatic heterocycles. The van der Waals surface area contributed by atoms with Gasteiger partial charge in [-0.05, 0) is 46.6 Å². The highest BCUT2D eigenvalue weighted by Gasteiger charge is 2.49. The molecule has 1 heterocycles. The van der Waals surface area contributed by atoms with Gasteiger partial charge in [0.1, 0.15) is 42.0 Å². The normalized spacial score (nSPS) is 19.1. The number of amides is 4. The number of aliphatic hydroxyl groups excluding tert-OH is 4. The quantitative estimate of drug-likeness (QED) is 0.0212. The van der Waals surface area contributed by atoms with Gasteiger partial charge in [-0.3, -0.25) is 33.3 Å². The lowest BCUT2D eigenvalue weighted by molar-refractivity contribution is -0.268. The number of carbonyl (C=O) groups is 7. The second-order valence-corrected chi connectivity index (χ2v) is 23.9. The van der Waals surface area contributed by atoms with E-state index in [1.165, 1.54) is 117 Å². The van der Waals surface area contributed by atoms with Crippen molar-refractivity contribution in [2.45, 2.75) is 308 Å². The lowest BCUT2D eigenvalue weighted by Gasteiger charge is -2.43. The van der Waals surface area contributed by atoms with Gasteiger partial charge in [0.2, 0.25) is 23.6 Å². The maximum Gasteiger partial charge on any atom is 0.326 e. The van der Waals surface area contributed by atoms with Gasteiger partial charge in [-0.25, -0.2) is 4.79 Å². The molecule has 0 spiro atoms. The van der Waals surface area contributed by atoms with E-state index in [0.29, 0.717) is 12.8 Å². The van der Waals surface area contributed by atoms with E-state index in [0.717, 1.165) is 76.2 Å². The number of nitrogens with two attached hydrogens (primary N) is 4. The second kappa shape index (κ2) is 53.7. The molecule has 0 aromatic rings. The van der Waals surface area contributed by atoms with Crippen LogP contribution in [-0.4, -0.2) is 183 Å². The van der Waals surface area contributed by atoms with Crippen LogP contribution in [0.1, 0.15) is 241 Å². The Hall–Kier alpha value is -3.92. The molecule has 27 heteroatoms. The number of aliphatic carboxylic acids is 1. The fourth-order valence-electron chi connectivity index (χ4n) is 9.90. The largest absolute Gasteiger partial charge is 0.480 e. The molecule has 1 fully saturated rings. The summed E-state index contributed by atoms with van der Waals surface area (Å²) in [5.41, 5.74) is 19.9. The molecule has 0 aromatic carbocycles. The van der Waals surface area contributed by atoms with E-state index in [4.69, 9.17) is 46.8 Å². The topological polar surface area (TPSA) is 435 Å². The number of carboxylic acid groups (broad SMARTS) is 1. The Balaban J connectivity index is 0. The predicted molar refractivity (Wildman–Crippen MR) is 336 cm³/mol. The number of carbonyl (C=O) groups excluding carboxylic acids is 6. The van der Waals surface area contributed by atoms with Gasteiger partial charge in [0.25, 0.3) is 0 Å². The summed E-state index contributed by atoms with van der Waals surface area (Å²) in [7, 11) is -2.73. The van der Waals surface area contributed by atoms with Crippen molar-refractivity contribution in [1.29, 1.82) is 0 Å². The standard InChI is InChI=1S/C57H105N5O16.C2H8NO3P.C2H7N/c1-7-9-11-13-15-17-19-21-23-25-27-29-31-33-47(67)76-45(39-64)52(78-48(68)34-32-30-28-26-24-22-20-18-16-14-12-10-8-2)57(6,59)56(74)61-43(53(58)70)35-36-46(66)62(41(4)54(71)72)37-40(3)75-51-49(60-42(5)65)55(73)77-44(38-63)50(51)69;3-1-2-6-7(4)5;1-2-3/h40-41,43-45,49-52,55,63-64,69,73H,7-39,59H2,1-6H3,(H2,58,70)(H,60,65)(H,61,74)(H,71,72);7H,1-3H2,(H,4,5);2-3H2,1H3/t40?,41-,43+,44+,45-,49+,50+,51+,52?,55-,57+;;/m0../s1. The molecule has 1 aliphatic rings. The first-order chi connectivity index (χ1) is 41.8. The second-order valence-electron chi connectivity index (χ2n) is 23.1. The fraction of sp³-hybridized carbons (Fsp3) is 0.885. The third kappa shape index (κ3) is 40.7. The summed E-state index contributed by atoms with van der Waals surface area (Å²) in [6.07, 6.45) is 17.1. The molecule has 4 amide bonds. The van der Waals surface area contributed by atoms with Crippen LogP contribution < -0.4 is 33.6 Å². The van der Waals surface area contributed by atoms with Crippen LogP contribution in [-0.2, 0) is 61.6 Å². The molecule has 12 atom stereocenters. The predicted octanol–water partition coefficient (Wildman–Crippen LogP) is 5.19. The van der Waals surface area contributed by atoms with Crippen molar-refractivity contribution in [3.05, 3.63) is 0 Å². The highest BCUT2D eigenvalue weighted by molar-refractivity contribution is 7.32. The smallest absolute Gasteiger partial charge is 0.326 e. The van der Waals surface area contributed by atoms with Crippen LogP contribution in [0.15, 0.2) is 0 Å². The monoisotopic (exact) mass is 1290 g/mol. The molecule has 88 heavy (non-hydrogen) atoms. The molecular weight excluding hydrogens is 1170 g/mol. The molecule has 518 valence electrons. The van der Waals surface area contributed by atoms with E-state index in [-0.39, 0.29) is 26.0 Å². The molecule has 1 aliphatic heterocycles. The number of ether oxygens (including phenoxy) is 4. The molecule has 0 bridgehead atoms. The third-order valence-corrected chi connectivity index (χ3v) is 15.4. The zero-order chi connectivity index (χ0) is 66.9. The molecular formula is C61H120N7O19P. The van der Waals surface area contributed by atoms with Crippen LogP contribution in [0.25, 0.3) is 0 Å². The van der Waals surface area contributed by atoms with E-state index in [9.17, 15) is 63.7 Å². The first-order valence-electron chi connectivity index (χ1n) is 32.6. The Bertz CT molecular complexity index is 1900. The van der Waals surface area contributed by atoms with Gasteiger partial charge in [0.15, 0.2) is 18.5 Å². The van der Waals surface area contributed by atoms with Gasteiger partial charge in [-0.2, -0.15) is 0 Å². The molecule has 1 saturated heterocycles. The Morgan fingerprint density at radius 1 is 0.705 bits per heavy atom. The van der Waals surface area contributed by atoms with E-state index in [1.54, 1.807) is 0 Å². The summed E-state index contributed by atoms with van der Waals surface area (Å²) in [5.74, 6) is -6.49. The van der Waals surface area contributed by atoms with Crippen LogP contribution >= 0.6 is 8.25 Å². The number of hydrogen-bond donors (Lipinski definition) is 12. The van der Waals surface area contributed by atoms with E-state index in [2.05, 4.69) is 29.0 Å². The highest BCUT2D eigenvalue weighted by Crippen LogP contribution is 2.26. The summed E-state index contributed by atoms with van der Waals surface area (Å²) in [6, 6.07) is -4.39. The third-order valence-electron chi connectivity index (χ3n) is 15.0. The van der Waals surface area contributed by atoms with Crippen molar-refractivity contribution >= 4 is 49.8 Å². The van der Waals surface area contributed by atoms with Crippen molar-refractivity contribution < 1.29 is 92.0 Å². The highest BCUT2D eigenvalue weighted by atomic mass is 31.1. The van der Waals surface area contributed by atoms with Gasteiger partial charge in [0.05, 0.1) is 25.9 Å². The number of unbranched alkanes of at least 4 members (excludes halogenated alkanes) is 24. The number of nitrogens with zero attached hydrogens (tertiary/aromatic N) is 1. The zero-order valence-corrected chi connectivity index (χ0v) is 55.5. The number of nitrogens with one attached hydrogen (secondary N) is 2. The maximum absolute atomic E-state index is 14.2. The average Bonchev–Trinajstić information content (AvgIpc) is 2.55. The van der Waals surface area contributed by atoms with Crippen molar-refractivity contribution in [3.8, 4) is 0 Å². The molecule has 0 saturated carbocycles. The van der Waals surface area contributed by atoms with Gasteiger partial charge in [-0.1, -0.05) is 175 Å². The maximum atomic E-state index is 14.2. The number of hydrogen-bond acceptors (Lipinski definition) is 20. The number of esters is 2. The molecule has 26 nitrogen and oxygen atoms in total. The van der Waals surface area contributed by atoms with Crippen molar-refractivity contribution in [1.82, 2.24) is 15.5 Å². The number of aliphatic hydroxyl groups is 4. The average molecular weight is 1290 g/mol. The Labute approximate surface area is 525 Å². The first-order valence-corrected chi connectivity index (χ1v) is 33.8. The van der Waals surface area contributed by atoms with Crippen molar-refractivity contribution in [2.24, 2.45) is 22.9 Å². The van der Waals surface area contributed by atoms with Crippen LogP contribution in [0.5, 0.6) is 0 Å². The van der Waals surface area contributed by atoms with Crippen LogP contribution in [0, 0.1) is 0 Å². The van der Waals surface area contributed by atoms with Gasteiger partial charge in [-0.15, -0.1) is 0 Å². The lowest BCUT2D eigenvalue weighted by atomic mass is 9.89. The molecule has 16 N–H and O–H groups in total.